The molecule has 1 atom stereocenters. The molecule has 1 aliphatic rings. The van der Waals surface area contributed by atoms with Crippen LogP contribution in [0.15, 0.2) is 0 Å². The van der Waals surface area contributed by atoms with E-state index < -0.39 is 12.0 Å². The van der Waals surface area contributed by atoms with Gasteiger partial charge in [0.25, 0.3) is 0 Å². The van der Waals surface area contributed by atoms with E-state index in [1.54, 1.807) is 4.90 Å². The minimum atomic E-state index is -0.868. The maximum Gasteiger partial charge on any atom is 0.409 e. The van der Waals surface area contributed by atoms with Crippen molar-refractivity contribution in [2.75, 3.05) is 32.8 Å². The van der Waals surface area contributed by atoms with E-state index in [0.717, 1.165) is 19.1 Å². The van der Waals surface area contributed by atoms with E-state index in [1.165, 1.54) is 0 Å². The zero-order valence-electron chi connectivity index (χ0n) is 15.6. The number of piperidine rings is 1. The molecule has 1 amide bonds. The standard InChI is InChI=1S/C18H32N2O5/c1-4-19(18(24)25-13-14(2)3)12-15-7-9-20(10-8-15)16(17(22)23)6-5-11-21/h11,14-16H,4-10,12-13H2,1-3H3,(H,22,23). The van der Waals surface area contributed by atoms with Crippen LogP contribution in [0.1, 0.15) is 46.5 Å². The van der Waals surface area contributed by atoms with Crippen molar-refractivity contribution in [3.63, 3.8) is 0 Å². The lowest BCUT2D eigenvalue weighted by Gasteiger charge is -2.37. The highest BCUT2D eigenvalue weighted by atomic mass is 16.6. The molecule has 7 heteroatoms. The molecule has 0 aromatic rings. The third-order valence-corrected chi connectivity index (χ3v) is 4.59. The third-order valence-electron chi connectivity index (χ3n) is 4.59. The molecule has 144 valence electrons. The summed E-state index contributed by atoms with van der Waals surface area (Å²) in [6, 6.07) is -0.593. The van der Waals surface area contributed by atoms with Crippen LogP contribution in [0.25, 0.3) is 0 Å². The van der Waals surface area contributed by atoms with Crippen LogP contribution in [0.4, 0.5) is 4.79 Å². The lowest BCUT2D eigenvalue weighted by molar-refractivity contribution is -0.144. The minimum absolute atomic E-state index is 0.266. The summed E-state index contributed by atoms with van der Waals surface area (Å²) in [5.41, 5.74) is 0. The van der Waals surface area contributed by atoms with Crippen LogP contribution in [0.3, 0.4) is 0 Å². The van der Waals surface area contributed by atoms with Crippen LogP contribution in [0.5, 0.6) is 0 Å². The molecule has 7 nitrogen and oxygen atoms in total. The van der Waals surface area contributed by atoms with Crippen molar-refractivity contribution in [2.24, 2.45) is 11.8 Å². The summed E-state index contributed by atoms with van der Waals surface area (Å²) in [5, 5.41) is 9.35. The molecule has 1 N–H and O–H groups in total. The second kappa shape index (κ2) is 11.1. The Morgan fingerprint density at radius 1 is 1.32 bits per heavy atom. The predicted molar refractivity (Wildman–Crippen MR) is 94.5 cm³/mol. The molecular weight excluding hydrogens is 324 g/mol. The van der Waals surface area contributed by atoms with Gasteiger partial charge in [-0.3, -0.25) is 9.69 Å². The molecule has 0 aromatic carbocycles. The highest BCUT2D eigenvalue weighted by molar-refractivity contribution is 5.74. The maximum atomic E-state index is 12.1. The van der Waals surface area contributed by atoms with Gasteiger partial charge in [0, 0.05) is 19.5 Å². The topological polar surface area (TPSA) is 87.2 Å². The van der Waals surface area contributed by atoms with Crippen LogP contribution in [-0.4, -0.2) is 72.1 Å². The first-order valence-corrected chi connectivity index (χ1v) is 9.21. The van der Waals surface area contributed by atoms with Crippen molar-refractivity contribution in [3.05, 3.63) is 0 Å². The van der Waals surface area contributed by atoms with Gasteiger partial charge in [-0.05, 0) is 51.1 Å². The molecule has 0 bridgehead atoms. The van der Waals surface area contributed by atoms with Crippen LogP contribution in [0.2, 0.25) is 0 Å². The number of carboxylic acid groups (broad SMARTS) is 1. The number of aliphatic carboxylic acids is 1. The Morgan fingerprint density at radius 3 is 2.44 bits per heavy atom. The SMILES string of the molecule is CCN(CC1CCN(C(CCC=O)C(=O)O)CC1)C(=O)OCC(C)C. The Balaban J connectivity index is 2.47. The molecule has 1 heterocycles. The molecule has 0 radical (unpaired) electrons. The smallest absolute Gasteiger partial charge is 0.409 e. The average molecular weight is 356 g/mol. The zero-order chi connectivity index (χ0) is 18.8. The first-order valence-electron chi connectivity index (χ1n) is 9.21. The fraction of sp³-hybridized carbons (Fsp3) is 0.833. The molecule has 1 fully saturated rings. The van der Waals surface area contributed by atoms with Gasteiger partial charge in [0.1, 0.15) is 12.3 Å². The molecule has 0 spiro atoms. The van der Waals surface area contributed by atoms with Gasteiger partial charge in [-0.1, -0.05) is 13.8 Å². The van der Waals surface area contributed by atoms with Gasteiger partial charge in [-0.25, -0.2) is 4.79 Å². The molecule has 1 unspecified atom stereocenters. The van der Waals surface area contributed by atoms with E-state index in [0.29, 0.717) is 51.0 Å². The average Bonchev–Trinajstić information content (AvgIpc) is 2.58. The van der Waals surface area contributed by atoms with Crippen molar-refractivity contribution < 1.29 is 24.2 Å². The second-order valence-corrected chi connectivity index (χ2v) is 7.09. The van der Waals surface area contributed by atoms with Gasteiger partial charge in [-0.15, -0.1) is 0 Å². The van der Waals surface area contributed by atoms with E-state index in [4.69, 9.17) is 4.74 Å². The number of nitrogens with zero attached hydrogens (tertiary/aromatic N) is 2. The quantitative estimate of drug-likeness (QED) is 0.604. The van der Waals surface area contributed by atoms with Crippen LogP contribution >= 0.6 is 0 Å². The Kier molecular flexibility index (Phi) is 9.49. The van der Waals surface area contributed by atoms with Gasteiger partial charge in [-0.2, -0.15) is 0 Å². The number of carbonyl (C=O) groups is 3. The van der Waals surface area contributed by atoms with E-state index in [1.807, 2.05) is 25.7 Å². The first-order chi connectivity index (χ1) is 11.9. The molecule has 0 aromatic heterocycles. The van der Waals surface area contributed by atoms with Crippen molar-refractivity contribution in [2.45, 2.75) is 52.5 Å². The molecule has 0 aliphatic carbocycles. The number of carboxylic acids is 1. The van der Waals surface area contributed by atoms with Gasteiger partial charge in [0.15, 0.2) is 0 Å². The van der Waals surface area contributed by atoms with Crippen LogP contribution < -0.4 is 0 Å². The van der Waals surface area contributed by atoms with E-state index >= 15 is 0 Å². The predicted octanol–water partition coefficient (Wildman–Crippen LogP) is 2.25. The highest BCUT2D eigenvalue weighted by Crippen LogP contribution is 2.22. The van der Waals surface area contributed by atoms with Gasteiger partial charge >= 0.3 is 12.1 Å². The lowest BCUT2D eigenvalue weighted by Crippen LogP contribution is -2.47. The van der Waals surface area contributed by atoms with Crippen molar-refractivity contribution in [1.82, 2.24) is 9.80 Å². The largest absolute Gasteiger partial charge is 0.480 e. The lowest BCUT2D eigenvalue weighted by atomic mass is 9.94. The van der Waals surface area contributed by atoms with Gasteiger partial charge in [0.05, 0.1) is 6.61 Å². The molecule has 1 rings (SSSR count). The van der Waals surface area contributed by atoms with E-state index in [9.17, 15) is 19.5 Å². The van der Waals surface area contributed by atoms with Crippen LogP contribution in [0, 0.1) is 11.8 Å². The van der Waals surface area contributed by atoms with E-state index in [2.05, 4.69) is 0 Å². The highest BCUT2D eigenvalue weighted by Gasteiger charge is 2.30. The summed E-state index contributed by atoms with van der Waals surface area (Å²) in [5.74, 6) is -0.207. The molecular formula is C18H32N2O5. The summed E-state index contributed by atoms with van der Waals surface area (Å²) in [6.45, 7) is 8.97. The summed E-state index contributed by atoms with van der Waals surface area (Å²) in [4.78, 5) is 37.7. The fourth-order valence-electron chi connectivity index (χ4n) is 3.11. The first kappa shape index (κ1) is 21.4. The summed E-state index contributed by atoms with van der Waals surface area (Å²) in [6.07, 6.45) is 2.81. The van der Waals surface area contributed by atoms with Gasteiger partial charge in [0.2, 0.25) is 0 Å². The fourth-order valence-corrected chi connectivity index (χ4v) is 3.11. The van der Waals surface area contributed by atoms with Crippen molar-refractivity contribution in [1.29, 1.82) is 0 Å². The van der Waals surface area contributed by atoms with Crippen molar-refractivity contribution >= 4 is 18.3 Å². The Labute approximate surface area is 150 Å². The summed E-state index contributed by atoms with van der Waals surface area (Å²) in [7, 11) is 0. The van der Waals surface area contributed by atoms with Gasteiger partial charge < -0.3 is 19.5 Å². The monoisotopic (exact) mass is 356 g/mol. The number of carbonyl (C=O) groups excluding carboxylic acids is 2. The molecule has 25 heavy (non-hydrogen) atoms. The number of aldehydes is 1. The zero-order valence-corrected chi connectivity index (χ0v) is 15.6. The minimum Gasteiger partial charge on any atom is -0.480 e. The Morgan fingerprint density at radius 2 is 1.96 bits per heavy atom. The normalized spacial score (nSPS) is 17.3. The summed E-state index contributed by atoms with van der Waals surface area (Å²) < 4.78 is 5.30. The number of ether oxygens (including phenoxy) is 1. The van der Waals surface area contributed by atoms with Crippen LogP contribution in [-0.2, 0) is 14.3 Å². The molecule has 0 saturated carbocycles. The Hall–Kier alpha value is -1.63. The number of likely N-dealkylation sites (tertiary alicyclic amines) is 1. The third kappa shape index (κ3) is 7.42. The summed E-state index contributed by atoms with van der Waals surface area (Å²) >= 11 is 0. The van der Waals surface area contributed by atoms with Crippen molar-refractivity contribution in [3.8, 4) is 0 Å². The second-order valence-electron chi connectivity index (χ2n) is 7.09. The Bertz CT molecular complexity index is 433. The number of hydrogen-bond acceptors (Lipinski definition) is 5. The molecule has 1 aliphatic heterocycles. The number of amides is 1. The molecule has 1 saturated heterocycles. The maximum absolute atomic E-state index is 12.1. The number of hydrogen-bond donors (Lipinski definition) is 1. The number of rotatable bonds is 10. The van der Waals surface area contributed by atoms with E-state index in [-0.39, 0.29) is 12.5 Å².